The summed E-state index contributed by atoms with van der Waals surface area (Å²) in [4.78, 5) is 16.6. The van der Waals surface area contributed by atoms with Crippen molar-refractivity contribution in [3.8, 4) is 0 Å². The minimum atomic E-state index is -0.119. The number of carbonyl (C=O) groups is 1. The molecule has 6 nitrogen and oxygen atoms in total. The Kier molecular flexibility index (Phi) is 4.34. The summed E-state index contributed by atoms with van der Waals surface area (Å²) in [5.74, 6) is 0.848. The molecular formula is C14H19N5O. The lowest BCUT2D eigenvalue weighted by Crippen LogP contribution is -2.23. The third kappa shape index (κ3) is 3.34. The maximum absolute atomic E-state index is 12.2. The van der Waals surface area contributed by atoms with E-state index >= 15 is 0 Å². The quantitative estimate of drug-likeness (QED) is 0.777. The van der Waals surface area contributed by atoms with Crippen LogP contribution < -0.4 is 10.6 Å². The topological polar surface area (TPSA) is 82.7 Å². The molecule has 0 unspecified atom stereocenters. The van der Waals surface area contributed by atoms with E-state index in [2.05, 4.69) is 39.7 Å². The SMILES string of the molecule is CNc1cc(C(=O)NCc2cn[nH]c2)cc(C(C)C)n1. The third-order valence-electron chi connectivity index (χ3n) is 2.96. The number of rotatable bonds is 5. The van der Waals surface area contributed by atoms with E-state index in [4.69, 9.17) is 0 Å². The Balaban J connectivity index is 2.14. The van der Waals surface area contributed by atoms with Crippen molar-refractivity contribution in [3.05, 3.63) is 41.3 Å². The fourth-order valence-electron chi connectivity index (χ4n) is 1.77. The lowest BCUT2D eigenvalue weighted by molar-refractivity contribution is 0.0950. The van der Waals surface area contributed by atoms with E-state index in [-0.39, 0.29) is 11.8 Å². The lowest BCUT2D eigenvalue weighted by atomic mass is 10.1. The van der Waals surface area contributed by atoms with E-state index in [9.17, 15) is 4.79 Å². The number of nitrogens with one attached hydrogen (secondary N) is 3. The van der Waals surface area contributed by atoms with Gasteiger partial charge in [-0.2, -0.15) is 5.10 Å². The number of H-pyrrole nitrogens is 1. The highest BCUT2D eigenvalue weighted by Gasteiger charge is 2.11. The largest absolute Gasteiger partial charge is 0.373 e. The predicted octanol–water partition coefficient (Wildman–Crippen LogP) is 1.90. The number of anilines is 1. The van der Waals surface area contributed by atoms with Crippen LogP contribution in [0.1, 0.15) is 41.4 Å². The van der Waals surface area contributed by atoms with Crippen molar-refractivity contribution < 1.29 is 4.79 Å². The summed E-state index contributed by atoms with van der Waals surface area (Å²) in [5.41, 5.74) is 2.44. The van der Waals surface area contributed by atoms with Gasteiger partial charge in [0.25, 0.3) is 5.91 Å². The van der Waals surface area contributed by atoms with Crippen LogP contribution in [-0.2, 0) is 6.54 Å². The molecule has 2 rings (SSSR count). The van der Waals surface area contributed by atoms with E-state index < -0.39 is 0 Å². The van der Waals surface area contributed by atoms with Gasteiger partial charge in [-0.1, -0.05) is 13.8 Å². The summed E-state index contributed by atoms with van der Waals surface area (Å²) in [5, 5.41) is 12.4. The van der Waals surface area contributed by atoms with E-state index in [1.807, 2.05) is 6.07 Å². The van der Waals surface area contributed by atoms with E-state index in [1.54, 1.807) is 25.5 Å². The molecule has 6 heteroatoms. The summed E-state index contributed by atoms with van der Waals surface area (Å²) in [6, 6.07) is 3.58. The van der Waals surface area contributed by atoms with Crippen molar-refractivity contribution in [1.29, 1.82) is 0 Å². The Bertz CT molecular complexity index is 577. The molecule has 0 bridgehead atoms. The summed E-state index contributed by atoms with van der Waals surface area (Å²) in [7, 11) is 1.79. The van der Waals surface area contributed by atoms with Gasteiger partial charge >= 0.3 is 0 Å². The minimum Gasteiger partial charge on any atom is -0.373 e. The molecule has 3 N–H and O–H groups in total. The molecule has 0 aliphatic heterocycles. The summed E-state index contributed by atoms with van der Waals surface area (Å²) >= 11 is 0. The standard InChI is InChI=1S/C14H19N5O/c1-9(2)12-4-11(5-13(15-3)19-12)14(20)16-6-10-7-17-18-8-10/h4-5,7-9H,6H2,1-3H3,(H,15,19)(H,16,20)(H,17,18). The molecule has 2 heterocycles. The maximum Gasteiger partial charge on any atom is 0.251 e. The smallest absolute Gasteiger partial charge is 0.251 e. The van der Waals surface area contributed by atoms with Gasteiger partial charge in [-0.3, -0.25) is 9.89 Å². The Morgan fingerprint density at radius 3 is 2.80 bits per heavy atom. The van der Waals surface area contributed by atoms with Crippen molar-refractivity contribution in [2.24, 2.45) is 0 Å². The molecule has 0 spiro atoms. The Morgan fingerprint density at radius 1 is 1.40 bits per heavy atom. The van der Waals surface area contributed by atoms with Gasteiger partial charge in [0.05, 0.1) is 6.20 Å². The van der Waals surface area contributed by atoms with Crippen LogP contribution in [0.25, 0.3) is 0 Å². The number of carbonyl (C=O) groups excluding carboxylic acids is 1. The first-order valence-electron chi connectivity index (χ1n) is 6.55. The van der Waals surface area contributed by atoms with Crippen LogP contribution in [0.2, 0.25) is 0 Å². The highest BCUT2D eigenvalue weighted by Crippen LogP contribution is 2.17. The van der Waals surface area contributed by atoms with E-state index in [0.717, 1.165) is 11.3 Å². The van der Waals surface area contributed by atoms with E-state index in [1.165, 1.54) is 0 Å². The number of aromatic amines is 1. The molecule has 106 valence electrons. The number of pyridine rings is 1. The third-order valence-corrected chi connectivity index (χ3v) is 2.96. The summed E-state index contributed by atoms with van der Waals surface area (Å²) < 4.78 is 0. The normalized spacial score (nSPS) is 10.6. The lowest BCUT2D eigenvalue weighted by Gasteiger charge is -2.11. The Labute approximate surface area is 118 Å². The predicted molar refractivity (Wildman–Crippen MR) is 77.6 cm³/mol. The van der Waals surface area contributed by atoms with Crippen LogP contribution in [0.5, 0.6) is 0 Å². The molecule has 0 radical (unpaired) electrons. The van der Waals surface area contributed by atoms with Gasteiger partial charge in [-0.25, -0.2) is 4.98 Å². The average molecular weight is 273 g/mol. The van der Waals surface area contributed by atoms with Crippen LogP contribution in [0.4, 0.5) is 5.82 Å². The second-order valence-electron chi connectivity index (χ2n) is 4.86. The highest BCUT2D eigenvalue weighted by atomic mass is 16.1. The highest BCUT2D eigenvalue weighted by molar-refractivity contribution is 5.95. The minimum absolute atomic E-state index is 0.119. The van der Waals surface area contributed by atoms with Crippen molar-refractivity contribution >= 4 is 11.7 Å². The molecule has 1 amide bonds. The van der Waals surface area contributed by atoms with Crippen LogP contribution >= 0.6 is 0 Å². The molecular weight excluding hydrogens is 254 g/mol. The van der Waals surface area contributed by atoms with Gasteiger partial charge in [0, 0.05) is 36.6 Å². The fourth-order valence-corrected chi connectivity index (χ4v) is 1.77. The summed E-state index contributed by atoms with van der Waals surface area (Å²) in [6.07, 6.45) is 3.44. The molecule has 2 aromatic heterocycles. The van der Waals surface area contributed by atoms with Crippen molar-refractivity contribution in [1.82, 2.24) is 20.5 Å². The van der Waals surface area contributed by atoms with Crippen molar-refractivity contribution in [2.45, 2.75) is 26.3 Å². The molecule has 2 aromatic rings. The number of nitrogens with zero attached hydrogens (tertiary/aromatic N) is 2. The molecule has 0 atom stereocenters. The molecule has 0 saturated carbocycles. The fraction of sp³-hybridized carbons (Fsp3) is 0.357. The zero-order chi connectivity index (χ0) is 14.5. The van der Waals surface area contributed by atoms with Gasteiger partial charge in [-0.15, -0.1) is 0 Å². The van der Waals surface area contributed by atoms with E-state index in [0.29, 0.717) is 17.9 Å². The first-order chi connectivity index (χ1) is 9.60. The zero-order valence-corrected chi connectivity index (χ0v) is 11.9. The number of hydrogen-bond acceptors (Lipinski definition) is 4. The maximum atomic E-state index is 12.2. The van der Waals surface area contributed by atoms with Gasteiger partial charge in [-0.05, 0) is 18.1 Å². The van der Waals surface area contributed by atoms with Gasteiger partial charge in [0.2, 0.25) is 0 Å². The van der Waals surface area contributed by atoms with Crippen molar-refractivity contribution in [3.63, 3.8) is 0 Å². The van der Waals surface area contributed by atoms with Gasteiger partial charge in [0.1, 0.15) is 5.82 Å². The first kappa shape index (κ1) is 14.0. The monoisotopic (exact) mass is 273 g/mol. The first-order valence-corrected chi connectivity index (χ1v) is 6.55. The molecule has 0 saturated heterocycles. The van der Waals surface area contributed by atoms with Crippen LogP contribution in [-0.4, -0.2) is 28.1 Å². The Morgan fingerprint density at radius 2 is 2.20 bits per heavy atom. The zero-order valence-electron chi connectivity index (χ0n) is 11.9. The molecule has 0 aliphatic carbocycles. The second kappa shape index (κ2) is 6.18. The van der Waals surface area contributed by atoms with Crippen molar-refractivity contribution in [2.75, 3.05) is 12.4 Å². The van der Waals surface area contributed by atoms with Gasteiger partial charge < -0.3 is 10.6 Å². The Hall–Kier alpha value is -2.37. The molecule has 0 fully saturated rings. The number of hydrogen-bond donors (Lipinski definition) is 3. The molecule has 20 heavy (non-hydrogen) atoms. The van der Waals surface area contributed by atoms with Gasteiger partial charge in [0.15, 0.2) is 0 Å². The molecule has 0 aromatic carbocycles. The second-order valence-corrected chi connectivity index (χ2v) is 4.86. The number of aromatic nitrogens is 3. The summed E-state index contributed by atoms with van der Waals surface area (Å²) in [6.45, 7) is 4.55. The van der Waals surface area contributed by atoms with Crippen LogP contribution in [0, 0.1) is 0 Å². The van der Waals surface area contributed by atoms with Crippen LogP contribution in [0.3, 0.4) is 0 Å². The van der Waals surface area contributed by atoms with Crippen LogP contribution in [0.15, 0.2) is 24.5 Å². The number of amides is 1. The average Bonchev–Trinajstić information content (AvgIpc) is 2.97. The molecule has 0 aliphatic rings.